The Kier molecular flexibility index (Phi) is 10.1. The summed E-state index contributed by atoms with van der Waals surface area (Å²) in [6, 6.07) is 29.4. The Hall–Kier alpha value is -4.35. The molecule has 0 unspecified atom stereocenters. The number of carbonyl (C=O) groups excluding carboxylic acids is 2. The van der Waals surface area contributed by atoms with Crippen LogP contribution in [0.4, 0.5) is 26.7 Å². The van der Waals surface area contributed by atoms with Gasteiger partial charge in [-0.25, -0.2) is 9.59 Å². The Labute approximate surface area is 206 Å². The molecule has 8 heteroatoms. The van der Waals surface area contributed by atoms with Crippen molar-refractivity contribution >= 4 is 29.1 Å². The fourth-order valence-corrected chi connectivity index (χ4v) is 3.41. The smallest absolute Gasteiger partial charge is 0.321 e. The largest absolute Gasteiger partial charge is 0.326 e. The zero-order valence-electron chi connectivity index (χ0n) is 19.6. The van der Waals surface area contributed by atoms with Crippen LogP contribution in [0.3, 0.4) is 0 Å². The highest BCUT2D eigenvalue weighted by Crippen LogP contribution is 2.16. The molecule has 3 aromatic rings. The highest BCUT2D eigenvalue weighted by molar-refractivity contribution is 6.01. The highest BCUT2D eigenvalue weighted by atomic mass is 16.2. The van der Waals surface area contributed by atoms with Gasteiger partial charge in [0.2, 0.25) is 0 Å². The van der Waals surface area contributed by atoms with Crippen LogP contribution >= 0.6 is 0 Å². The van der Waals surface area contributed by atoms with E-state index in [0.29, 0.717) is 50.5 Å². The Morgan fingerprint density at radius 2 is 1.23 bits per heavy atom. The van der Waals surface area contributed by atoms with E-state index in [-0.39, 0.29) is 12.1 Å². The van der Waals surface area contributed by atoms with Crippen molar-refractivity contribution in [3.63, 3.8) is 0 Å². The van der Waals surface area contributed by atoms with Gasteiger partial charge in [-0.2, -0.15) is 5.26 Å². The number of rotatable bonds is 11. The van der Waals surface area contributed by atoms with Crippen LogP contribution in [-0.4, -0.2) is 49.7 Å². The van der Waals surface area contributed by atoms with E-state index in [0.717, 1.165) is 5.69 Å². The minimum absolute atomic E-state index is 0.255. The van der Waals surface area contributed by atoms with Crippen LogP contribution in [0.2, 0.25) is 0 Å². The van der Waals surface area contributed by atoms with Crippen LogP contribution in [0.1, 0.15) is 6.42 Å². The maximum absolute atomic E-state index is 13.2. The van der Waals surface area contributed by atoms with Crippen molar-refractivity contribution in [1.82, 2.24) is 10.2 Å². The van der Waals surface area contributed by atoms with Gasteiger partial charge in [0.05, 0.1) is 6.07 Å². The molecule has 0 bridgehead atoms. The number of para-hydroxylation sites is 3. The van der Waals surface area contributed by atoms with E-state index in [2.05, 4.69) is 22.0 Å². The maximum atomic E-state index is 13.2. The molecule has 3 aromatic carbocycles. The van der Waals surface area contributed by atoms with Gasteiger partial charge >= 0.3 is 12.1 Å². The Bertz CT molecular complexity index is 1090. The van der Waals surface area contributed by atoms with Crippen molar-refractivity contribution in [3.05, 3.63) is 91.0 Å². The van der Waals surface area contributed by atoms with E-state index >= 15 is 0 Å². The molecule has 0 aromatic heterocycles. The molecule has 8 nitrogen and oxygen atoms in total. The first-order chi connectivity index (χ1) is 17.2. The van der Waals surface area contributed by atoms with E-state index in [4.69, 9.17) is 5.26 Å². The molecule has 0 aliphatic heterocycles. The van der Waals surface area contributed by atoms with Crippen LogP contribution < -0.4 is 20.9 Å². The summed E-state index contributed by atoms with van der Waals surface area (Å²) >= 11 is 0. The molecule has 35 heavy (non-hydrogen) atoms. The molecule has 0 saturated heterocycles. The zero-order chi connectivity index (χ0) is 24.7. The Morgan fingerprint density at radius 3 is 1.80 bits per heavy atom. The molecule has 0 radical (unpaired) electrons. The van der Waals surface area contributed by atoms with Crippen LogP contribution in [0.25, 0.3) is 0 Å². The quantitative estimate of drug-likeness (QED) is 0.352. The lowest BCUT2D eigenvalue weighted by molar-refractivity contribution is 0.212. The Balaban J connectivity index is 1.71. The van der Waals surface area contributed by atoms with E-state index in [1.807, 2.05) is 91.0 Å². The summed E-state index contributed by atoms with van der Waals surface area (Å²) in [6.07, 6.45) is 0.400. The molecular weight excluding hydrogens is 440 g/mol. The first-order valence-corrected chi connectivity index (χ1v) is 11.5. The van der Waals surface area contributed by atoms with Gasteiger partial charge in [-0.1, -0.05) is 54.6 Å². The summed E-state index contributed by atoms with van der Waals surface area (Å²) in [5.41, 5.74) is 2.12. The van der Waals surface area contributed by atoms with E-state index < -0.39 is 0 Å². The lowest BCUT2D eigenvalue weighted by Gasteiger charge is -2.28. The second kappa shape index (κ2) is 14.0. The first kappa shape index (κ1) is 25.3. The molecule has 0 atom stereocenters. The molecule has 180 valence electrons. The molecule has 0 saturated carbocycles. The van der Waals surface area contributed by atoms with Gasteiger partial charge in [0.25, 0.3) is 0 Å². The summed E-state index contributed by atoms with van der Waals surface area (Å²) < 4.78 is 0. The van der Waals surface area contributed by atoms with Crippen molar-refractivity contribution in [2.45, 2.75) is 6.42 Å². The topological polar surface area (TPSA) is 100 Å². The van der Waals surface area contributed by atoms with Gasteiger partial charge in [-0.15, -0.1) is 0 Å². The lowest BCUT2D eigenvalue weighted by atomic mass is 10.3. The molecule has 3 N–H and O–H groups in total. The lowest BCUT2D eigenvalue weighted by Crippen LogP contribution is -2.46. The summed E-state index contributed by atoms with van der Waals surface area (Å²) in [5, 5.41) is 17.7. The minimum Gasteiger partial charge on any atom is -0.321 e. The van der Waals surface area contributed by atoms with Crippen molar-refractivity contribution in [2.75, 3.05) is 48.3 Å². The zero-order valence-corrected chi connectivity index (χ0v) is 19.6. The predicted octanol–water partition coefficient (Wildman–Crippen LogP) is 4.76. The van der Waals surface area contributed by atoms with Gasteiger partial charge < -0.3 is 20.9 Å². The average molecular weight is 471 g/mol. The van der Waals surface area contributed by atoms with Crippen molar-refractivity contribution in [2.24, 2.45) is 0 Å². The number of benzene rings is 3. The number of nitrogens with zero attached hydrogens (tertiary/aromatic N) is 3. The van der Waals surface area contributed by atoms with Gasteiger partial charge in [0.15, 0.2) is 0 Å². The standard InChI is InChI=1S/C27H30N6O2/c28-17-10-18-29-19-20-32(26(34)30-23-11-4-1-5-12-23)21-22-33(25-15-8-3-9-16-25)27(35)31-24-13-6-2-7-14-24/h1-9,11-16,29H,10,18-22H2,(H,30,34)(H,31,35). The van der Waals surface area contributed by atoms with E-state index in [1.165, 1.54) is 0 Å². The van der Waals surface area contributed by atoms with E-state index in [1.54, 1.807) is 9.80 Å². The molecule has 3 rings (SSSR count). The van der Waals surface area contributed by atoms with Gasteiger partial charge in [-0.05, 0) is 36.4 Å². The molecule has 0 aliphatic rings. The third-order valence-electron chi connectivity index (χ3n) is 5.22. The Morgan fingerprint density at radius 1 is 0.686 bits per heavy atom. The predicted molar refractivity (Wildman–Crippen MR) is 139 cm³/mol. The number of hydrogen-bond donors (Lipinski definition) is 3. The monoisotopic (exact) mass is 470 g/mol. The number of amides is 4. The number of hydrogen-bond acceptors (Lipinski definition) is 4. The first-order valence-electron chi connectivity index (χ1n) is 11.5. The fourth-order valence-electron chi connectivity index (χ4n) is 3.41. The van der Waals surface area contributed by atoms with Crippen LogP contribution in [0.5, 0.6) is 0 Å². The van der Waals surface area contributed by atoms with Crippen LogP contribution in [0, 0.1) is 11.3 Å². The number of urea groups is 2. The second-order valence-corrected chi connectivity index (χ2v) is 7.72. The molecule has 0 fully saturated rings. The molecular formula is C27H30N6O2. The number of anilines is 3. The number of nitrogens with one attached hydrogen (secondary N) is 3. The van der Waals surface area contributed by atoms with Crippen LogP contribution in [0.15, 0.2) is 91.0 Å². The molecule has 0 aliphatic carbocycles. The second-order valence-electron chi connectivity index (χ2n) is 7.72. The normalized spacial score (nSPS) is 10.1. The highest BCUT2D eigenvalue weighted by Gasteiger charge is 2.20. The van der Waals surface area contributed by atoms with E-state index in [9.17, 15) is 9.59 Å². The average Bonchev–Trinajstić information content (AvgIpc) is 2.89. The van der Waals surface area contributed by atoms with Crippen molar-refractivity contribution in [3.8, 4) is 6.07 Å². The van der Waals surface area contributed by atoms with Gasteiger partial charge in [-0.3, -0.25) is 4.90 Å². The van der Waals surface area contributed by atoms with Crippen molar-refractivity contribution in [1.29, 1.82) is 5.26 Å². The molecule has 4 amide bonds. The summed E-state index contributed by atoms with van der Waals surface area (Å²) in [4.78, 5) is 29.5. The van der Waals surface area contributed by atoms with Gasteiger partial charge in [0, 0.05) is 56.2 Å². The molecule has 0 heterocycles. The third-order valence-corrected chi connectivity index (χ3v) is 5.22. The fraction of sp³-hybridized carbons (Fsp3) is 0.222. The van der Waals surface area contributed by atoms with Gasteiger partial charge in [0.1, 0.15) is 0 Å². The number of nitriles is 1. The third kappa shape index (κ3) is 8.50. The van der Waals surface area contributed by atoms with Crippen LogP contribution in [-0.2, 0) is 0 Å². The maximum Gasteiger partial charge on any atom is 0.326 e. The number of carbonyl (C=O) groups is 2. The molecule has 0 spiro atoms. The summed E-state index contributed by atoms with van der Waals surface area (Å²) in [7, 11) is 0. The SMILES string of the molecule is N#CCCNCCN(CCN(C(=O)Nc1ccccc1)c1ccccc1)C(=O)Nc1ccccc1. The summed E-state index contributed by atoms with van der Waals surface area (Å²) in [5.74, 6) is 0. The summed E-state index contributed by atoms with van der Waals surface area (Å²) in [6.45, 7) is 2.12. The van der Waals surface area contributed by atoms with Crippen molar-refractivity contribution < 1.29 is 9.59 Å². The minimum atomic E-state index is -0.280.